The number of carbonyl (C=O) groups is 1. The molecule has 0 radical (unpaired) electrons. The number of nitrogens with one attached hydrogen (secondary N) is 1. The Morgan fingerprint density at radius 3 is 2.74 bits per heavy atom. The van der Waals surface area contributed by atoms with Gasteiger partial charge in [0.15, 0.2) is 5.82 Å². The quantitative estimate of drug-likeness (QED) is 0.823. The monoisotopic (exact) mass is 279 g/mol. The normalized spacial score (nSPS) is 10.3. The smallest absolute Gasteiger partial charge is 0.255 e. The van der Waals surface area contributed by atoms with E-state index in [0.29, 0.717) is 5.56 Å². The molecule has 0 bridgehead atoms. The Hall–Kier alpha value is -2.07. The van der Waals surface area contributed by atoms with Crippen LogP contribution in [0.2, 0.25) is 5.02 Å². The molecule has 0 aliphatic rings. The van der Waals surface area contributed by atoms with E-state index in [1.807, 2.05) is 13.0 Å². The van der Waals surface area contributed by atoms with Crippen LogP contribution < -0.4 is 5.32 Å². The van der Waals surface area contributed by atoms with E-state index in [1.165, 1.54) is 6.07 Å². The largest absolute Gasteiger partial charge is 0.506 e. The molecular weight excluding hydrogens is 269 g/mol. The van der Waals surface area contributed by atoms with Gasteiger partial charge in [0.05, 0.1) is 10.7 Å². The Bertz CT molecular complexity index is 643. The molecule has 98 valence electrons. The van der Waals surface area contributed by atoms with Crippen LogP contribution >= 0.6 is 11.6 Å². The summed E-state index contributed by atoms with van der Waals surface area (Å²) < 4.78 is 13.6. The molecule has 3 nitrogen and oxygen atoms in total. The number of halogens is 2. The molecule has 2 aromatic rings. The third-order valence-corrected chi connectivity index (χ3v) is 2.87. The van der Waals surface area contributed by atoms with Gasteiger partial charge >= 0.3 is 0 Å². The molecular formula is C14H11ClFNO2. The molecule has 0 aliphatic heterocycles. The van der Waals surface area contributed by atoms with Crippen molar-refractivity contribution in [2.75, 3.05) is 5.32 Å². The lowest BCUT2D eigenvalue weighted by atomic mass is 10.1. The number of benzene rings is 2. The van der Waals surface area contributed by atoms with Crippen LogP contribution in [0.25, 0.3) is 0 Å². The number of amides is 1. The van der Waals surface area contributed by atoms with Crippen molar-refractivity contribution in [1.82, 2.24) is 0 Å². The van der Waals surface area contributed by atoms with E-state index in [0.717, 1.165) is 11.6 Å². The minimum Gasteiger partial charge on any atom is -0.506 e. The molecule has 1 amide bonds. The summed E-state index contributed by atoms with van der Waals surface area (Å²) in [5, 5.41) is 11.6. The lowest BCUT2D eigenvalue weighted by Crippen LogP contribution is -2.13. The van der Waals surface area contributed by atoms with Crippen LogP contribution in [-0.4, -0.2) is 11.0 Å². The second kappa shape index (κ2) is 5.28. The first-order valence-corrected chi connectivity index (χ1v) is 5.91. The van der Waals surface area contributed by atoms with E-state index in [2.05, 4.69) is 5.32 Å². The predicted octanol–water partition coefficient (Wildman–Crippen LogP) is 3.75. The van der Waals surface area contributed by atoms with Crippen LogP contribution in [0.3, 0.4) is 0 Å². The highest BCUT2D eigenvalue weighted by Gasteiger charge is 2.12. The lowest BCUT2D eigenvalue weighted by molar-refractivity contribution is 0.102. The molecule has 2 N–H and O–H groups in total. The zero-order chi connectivity index (χ0) is 14.0. The third kappa shape index (κ3) is 3.03. The molecule has 0 fully saturated rings. The van der Waals surface area contributed by atoms with Crippen molar-refractivity contribution in [3.05, 3.63) is 58.4 Å². The zero-order valence-corrected chi connectivity index (χ0v) is 10.8. The van der Waals surface area contributed by atoms with E-state index in [9.17, 15) is 14.3 Å². The van der Waals surface area contributed by atoms with Crippen LogP contribution in [-0.2, 0) is 0 Å². The van der Waals surface area contributed by atoms with Gasteiger partial charge in [-0.1, -0.05) is 29.3 Å². The molecule has 2 aromatic carbocycles. The summed E-state index contributed by atoms with van der Waals surface area (Å²) in [6.45, 7) is 1.86. The van der Waals surface area contributed by atoms with Gasteiger partial charge in [-0.25, -0.2) is 4.39 Å². The Labute approximate surface area is 114 Å². The molecule has 5 heteroatoms. The number of rotatable bonds is 2. The van der Waals surface area contributed by atoms with Gasteiger partial charge in [-0.05, 0) is 25.1 Å². The summed E-state index contributed by atoms with van der Waals surface area (Å²) in [7, 11) is 0. The van der Waals surface area contributed by atoms with Crippen LogP contribution in [0.5, 0.6) is 5.75 Å². The molecule has 0 atom stereocenters. The average Bonchev–Trinajstić information content (AvgIpc) is 2.36. The predicted molar refractivity (Wildman–Crippen MR) is 72.2 cm³/mol. The number of aryl methyl sites for hydroxylation is 1. The Morgan fingerprint density at radius 2 is 2.05 bits per heavy atom. The summed E-state index contributed by atoms with van der Waals surface area (Å²) in [6.07, 6.45) is 0. The number of hydrogen-bond acceptors (Lipinski definition) is 2. The maximum atomic E-state index is 13.6. The van der Waals surface area contributed by atoms with Gasteiger partial charge in [0.25, 0.3) is 5.91 Å². The first kappa shape index (κ1) is 13.4. The average molecular weight is 280 g/mol. The second-order valence-electron chi connectivity index (χ2n) is 4.11. The SMILES string of the molecule is Cc1cccc(C(=O)Nc2cc(Cl)c(O)cc2F)c1. The molecule has 0 unspecified atom stereocenters. The fourth-order valence-corrected chi connectivity index (χ4v) is 1.78. The van der Waals surface area contributed by atoms with Gasteiger partial charge in [0, 0.05) is 11.6 Å². The van der Waals surface area contributed by atoms with Crippen molar-refractivity contribution < 1.29 is 14.3 Å². The Kier molecular flexibility index (Phi) is 3.71. The van der Waals surface area contributed by atoms with Gasteiger partial charge in [0.1, 0.15) is 5.75 Å². The van der Waals surface area contributed by atoms with Crippen molar-refractivity contribution in [2.45, 2.75) is 6.92 Å². The molecule has 19 heavy (non-hydrogen) atoms. The van der Waals surface area contributed by atoms with E-state index in [1.54, 1.807) is 18.2 Å². The standard InChI is InChI=1S/C14H11ClFNO2/c1-8-3-2-4-9(5-8)14(19)17-12-6-10(15)13(18)7-11(12)16/h2-7,18H,1H3,(H,17,19). The molecule has 0 spiro atoms. The minimum atomic E-state index is -0.747. The van der Waals surface area contributed by atoms with Crippen LogP contribution in [0.1, 0.15) is 15.9 Å². The summed E-state index contributed by atoms with van der Waals surface area (Å²) in [4.78, 5) is 11.9. The summed E-state index contributed by atoms with van der Waals surface area (Å²) in [6, 6.07) is 8.94. The van der Waals surface area contributed by atoms with E-state index in [4.69, 9.17) is 11.6 Å². The molecule has 2 rings (SSSR count). The topological polar surface area (TPSA) is 49.3 Å². The van der Waals surface area contributed by atoms with Crippen molar-refractivity contribution in [3.8, 4) is 5.75 Å². The number of hydrogen-bond donors (Lipinski definition) is 2. The number of phenols is 1. The van der Waals surface area contributed by atoms with Crippen molar-refractivity contribution >= 4 is 23.2 Å². The van der Waals surface area contributed by atoms with Gasteiger partial charge < -0.3 is 10.4 Å². The molecule has 0 saturated heterocycles. The number of phenolic OH excluding ortho intramolecular Hbond substituents is 1. The van der Waals surface area contributed by atoms with E-state index in [-0.39, 0.29) is 16.5 Å². The molecule has 0 saturated carbocycles. The highest BCUT2D eigenvalue weighted by Crippen LogP contribution is 2.29. The van der Waals surface area contributed by atoms with E-state index >= 15 is 0 Å². The second-order valence-corrected chi connectivity index (χ2v) is 4.51. The lowest BCUT2D eigenvalue weighted by Gasteiger charge is -2.08. The van der Waals surface area contributed by atoms with Gasteiger partial charge in [0.2, 0.25) is 0 Å². The summed E-state index contributed by atoms with van der Waals surface area (Å²) in [5.41, 5.74) is 1.27. The Morgan fingerprint density at radius 1 is 1.32 bits per heavy atom. The van der Waals surface area contributed by atoms with Crippen molar-refractivity contribution in [3.63, 3.8) is 0 Å². The molecule has 0 aliphatic carbocycles. The number of aromatic hydroxyl groups is 1. The Balaban J connectivity index is 2.27. The van der Waals surface area contributed by atoms with Crippen molar-refractivity contribution in [2.24, 2.45) is 0 Å². The zero-order valence-electron chi connectivity index (χ0n) is 10.1. The highest BCUT2D eigenvalue weighted by atomic mass is 35.5. The minimum absolute atomic E-state index is 0.0269. The van der Waals surface area contributed by atoms with Crippen LogP contribution in [0, 0.1) is 12.7 Å². The van der Waals surface area contributed by atoms with Gasteiger partial charge in [-0.2, -0.15) is 0 Å². The first-order chi connectivity index (χ1) is 8.97. The number of carbonyl (C=O) groups excluding carboxylic acids is 1. The van der Waals surface area contributed by atoms with Crippen molar-refractivity contribution in [1.29, 1.82) is 0 Å². The maximum absolute atomic E-state index is 13.6. The fraction of sp³-hybridized carbons (Fsp3) is 0.0714. The molecule has 0 aromatic heterocycles. The van der Waals surface area contributed by atoms with Gasteiger partial charge in [-0.15, -0.1) is 0 Å². The fourth-order valence-electron chi connectivity index (χ4n) is 1.61. The van der Waals surface area contributed by atoms with Gasteiger partial charge in [-0.3, -0.25) is 4.79 Å². The number of anilines is 1. The van der Waals surface area contributed by atoms with E-state index < -0.39 is 11.7 Å². The third-order valence-electron chi connectivity index (χ3n) is 2.56. The first-order valence-electron chi connectivity index (χ1n) is 5.53. The van der Waals surface area contributed by atoms with Crippen LogP contribution in [0.4, 0.5) is 10.1 Å². The summed E-state index contributed by atoms with van der Waals surface area (Å²) in [5.74, 6) is -1.56. The summed E-state index contributed by atoms with van der Waals surface area (Å²) >= 11 is 5.67. The maximum Gasteiger partial charge on any atom is 0.255 e. The molecule has 0 heterocycles. The highest BCUT2D eigenvalue weighted by molar-refractivity contribution is 6.32. The van der Waals surface area contributed by atoms with Crippen LogP contribution in [0.15, 0.2) is 36.4 Å².